The standard InChI is InChI=1S/C13H16FNO4S/c14-10-5-1-2-6-11(10)20(18,19)15-9-13(12(16)17)7-3-4-8-13/h1-2,5-6,15H,3-4,7-9H2,(H,16,17). The van der Waals surface area contributed by atoms with E-state index in [4.69, 9.17) is 0 Å². The van der Waals surface area contributed by atoms with Crippen molar-refractivity contribution in [1.29, 1.82) is 0 Å². The van der Waals surface area contributed by atoms with Gasteiger partial charge in [-0.15, -0.1) is 0 Å². The molecule has 1 aromatic carbocycles. The molecule has 5 nitrogen and oxygen atoms in total. The Hall–Kier alpha value is -1.47. The summed E-state index contributed by atoms with van der Waals surface area (Å²) in [4.78, 5) is 10.9. The summed E-state index contributed by atoms with van der Waals surface area (Å²) in [7, 11) is -4.04. The molecule has 0 radical (unpaired) electrons. The summed E-state index contributed by atoms with van der Waals surface area (Å²) in [5, 5.41) is 9.28. The van der Waals surface area contributed by atoms with E-state index in [1.807, 2.05) is 0 Å². The van der Waals surface area contributed by atoms with E-state index in [1.165, 1.54) is 12.1 Å². The third-order valence-electron chi connectivity index (χ3n) is 3.74. The number of benzene rings is 1. The van der Waals surface area contributed by atoms with E-state index in [-0.39, 0.29) is 6.54 Å². The molecule has 20 heavy (non-hydrogen) atoms. The largest absolute Gasteiger partial charge is 0.481 e. The van der Waals surface area contributed by atoms with Gasteiger partial charge in [0.05, 0.1) is 5.41 Å². The fourth-order valence-corrected chi connectivity index (χ4v) is 3.70. The summed E-state index contributed by atoms with van der Waals surface area (Å²) >= 11 is 0. The van der Waals surface area contributed by atoms with Crippen molar-refractivity contribution in [2.75, 3.05) is 6.54 Å². The Kier molecular flexibility index (Phi) is 4.10. The highest BCUT2D eigenvalue weighted by atomic mass is 32.2. The van der Waals surface area contributed by atoms with E-state index >= 15 is 0 Å². The maximum Gasteiger partial charge on any atom is 0.310 e. The molecule has 1 aliphatic rings. The fraction of sp³-hybridized carbons (Fsp3) is 0.462. The van der Waals surface area contributed by atoms with Crippen LogP contribution in [0.2, 0.25) is 0 Å². The van der Waals surface area contributed by atoms with Gasteiger partial charge in [-0.2, -0.15) is 0 Å². The van der Waals surface area contributed by atoms with Crippen LogP contribution >= 0.6 is 0 Å². The Morgan fingerprint density at radius 2 is 1.90 bits per heavy atom. The van der Waals surface area contributed by atoms with E-state index < -0.39 is 32.1 Å². The molecule has 0 aromatic heterocycles. The van der Waals surface area contributed by atoms with Crippen LogP contribution in [0.1, 0.15) is 25.7 Å². The molecular formula is C13H16FNO4S. The molecular weight excluding hydrogens is 285 g/mol. The summed E-state index contributed by atoms with van der Waals surface area (Å²) < 4.78 is 39.8. The minimum absolute atomic E-state index is 0.209. The summed E-state index contributed by atoms with van der Waals surface area (Å²) in [6, 6.07) is 5.01. The van der Waals surface area contributed by atoms with Gasteiger partial charge in [-0.25, -0.2) is 17.5 Å². The number of sulfonamides is 1. The van der Waals surface area contributed by atoms with E-state index in [0.717, 1.165) is 25.0 Å². The zero-order valence-corrected chi connectivity index (χ0v) is 11.6. The first kappa shape index (κ1) is 14.9. The number of carboxylic acid groups (broad SMARTS) is 1. The van der Waals surface area contributed by atoms with Crippen LogP contribution in [0.25, 0.3) is 0 Å². The lowest BCUT2D eigenvalue weighted by Gasteiger charge is -2.23. The van der Waals surface area contributed by atoms with Crippen molar-refractivity contribution >= 4 is 16.0 Å². The lowest BCUT2D eigenvalue weighted by molar-refractivity contribution is -0.148. The molecule has 2 N–H and O–H groups in total. The van der Waals surface area contributed by atoms with Crippen molar-refractivity contribution in [1.82, 2.24) is 4.72 Å². The molecule has 0 aliphatic heterocycles. The molecule has 0 amide bonds. The Morgan fingerprint density at radius 1 is 1.30 bits per heavy atom. The topological polar surface area (TPSA) is 83.5 Å². The Bertz CT molecular complexity index is 609. The van der Waals surface area contributed by atoms with Crippen LogP contribution in [-0.4, -0.2) is 26.0 Å². The zero-order valence-electron chi connectivity index (χ0n) is 10.8. The van der Waals surface area contributed by atoms with Crippen LogP contribution in [0.15, 0.2) is 29.2 Å². The molecule has 0 atom stereocenters. The van der Waals surface area contributed by atoms with Crippen molar-refractivity contribution in [3.63, 3.8) is 0 Å². The Balaban J connectivity index is 2.18. The Labute approximate surface area is 116 Å². The maximum absolute atomic E-state index is 13.5. The lowest BCUT2D eigenvalue weighted by atomic mass is 9.87. The average Bonchev–Trinajstić information content (AvgIpc) is 2.87. The highest BCUT2D eigenvalue weighted by Gasteiger charge is 2.42. The van der Waals surface area contributed by atoms with Gasteiger partial charge in [-0.3, -0.25) is 4.79 Å². The van der Waals surface area contributed by atoms with Gasteiger partial charge >= 0.3 is 5.97 Å². The van der Waals surface area contributed by atoms with E-state index in [0.29, 0.717) is 12.8 Å². The third kappa shape index (κ3) is 2.83. The lowest BCUT2D eigenvalue weighted by Crippen LogP contribution is -2.41. The Morgan fingerprint density at radius 3 is 2.45 bits per heavy atom. The number of aliphatic carboxylic acids is 1. The van der Waals surface area contributed by atoms with Gasteiger partial charge in [0.15, 0.2) is 0 Å². The molecule has 7 heteroatoms. The highest BCUT2D eigenvalue weighted by molar-refractivity contribution is 7.89. The molecule has 0 spiro atoms. The van der Waals surface area contributed by atoms with Crippen LogP contribution in [0.3, 0.4) is 0 Å². The summed E-state index contributed by atoms with van der Waals surface area (Å²) in [6.45, 7) is -0.209. The van der Waals surface area contributed by atoms with Crippen molar-refractivity contribution in [3.8, 4) is 0 Å². The van der Waals surface area contributed by atoms with E-state index in [9.17, 15) is 22.7 Å². The first-order chi connectivity index (χ1) is 9.37. The summed E-state index contributed by atoms with van der Waals surface area (Å²) in [5.74, 6) is -1.86. The van der Waals surface area contributed by atoms with E-state index in [1.54, 1.807) is 0 Å². The second kappa shape index (κ2) is 5.49. The quantitative estimate of drug-likeness (QED) is 0.868. The molecule has 1 saturated carbocycles. The minimum Gasteiger partial charge on any atom is -0.481 e. The number of nitrogens with one attached hydrogen (secondary N) is 1. The van der Waals surface area contributed by atoms with Gasteiger partial charge < -0.3 is 5.11 Å². The van der Waals surface area contributed by atoms with Crippen LogP contribution in [0.4, 0.5) is 4.39 Å². The van der Waals surface area contributed by atoms with Crippen LogP contribution in [0.5, 0.6) is 0 Å². The molecule has 0 bridgehead atoms. The predicted octanol–water partition coefficient (Wildman–Crippen LogP) is 1.75. The molecule has 1 aromatic rings. The normalized spacial score (nSPS) is 18.1. The maximum atomic E-state index is 13.5. The fourth-order valence-electron chi connectivity index (χ4n) is 2.49. The molecule has 0 heterocycles. The summed E-state index contributed by atoms with van der Waals surface area (Å²) in [6.07, 6.45) is 2.38. The smallest absolute Gasteiger partial charge is 0.310 e. The van der Waals surface area contributed by atoms with Gasteiger partial charge in [0.25, 0.3) is 0 Å². The number of hydrogen-bond donors (Lipinski definition) is 2. The molecule has 1 aliphatic carbocycles. The predicted molar refractivity (Wildman–Crippen MR) is 70.1 cm³/mol. The van der Waals surface area contributed by atoms with Crippen molar-refractivity contribution in [2.45, 2.75) is 30.6 Å². The number of carbonyl (C=O) groups is 1. The van der Waals surface area contributed by atoms with Gasteiger partial charge in [-0.05, 0) is 25.0 Å². The number of rotatable bonds is 5. The monoisotopic (exact) mass is 301 g/mol. The number of carboxylic acids is 1. The number of halogens is 1. The second-order valence-electron chi connectivity index (χ2n) is 5.05. The molecule has 2 rings (SSSR count). The van der Waals surface area contributed by atoms with Gasteiger partial charge in [0.1, 0.15) is 10.7 Å². The van der Waals surface area contributed by atoms with Crippen molar-refractivity contribution in [3.05, 3.63) is 30.1 Å². The molecule has 1 fully saturated rings. The first-order valence-electron chi connectivity index (χ1n) is 6.35. The SMILES string of the molecule is O=C(O)C1(CNS(=O)(=O)c2ccccc2F)CCCC1. The summed E-state index contributed by atoms with van der Waals surface area (Å²) in [5.41, 5.74) is -1.07. The van der Waals surface area contributed by atoms with Crippen LogP contribution < -0.4 is 4.72 Å². The van der Waals surface area contributed by atoms with Gasteiger partial charge in [0, 0.05) is 6.54 Å². The van der Waals surface area contributed by atoms with Crippen molar-refractivity contribution in [2.24, 2.45) is 5.41 Å². The van der Waals surface area contributed by atoms with Crippen LogP contribution in [-0.2, 0) is 14.8 Å². The van der Waals surface area contributed by atoms with E-state index in [2.05, 4.69) is 4.72 Å². The van der Waals surface area contributed by atoms with Gasteiger partial charge in [0.2, 0.25) is 10.0 Å². The van der Waals surface area contributed by atoms with Crippen LogP contribution in [0, 0.1) is 11.2 Å². The zero-order chi connectivity index (χ0) is 14.8. The average molecular weight is 301 g/mol. The highest BCUT2D eigenvalue weighted by Crippen LogP contribution is 2.38. The van der Waals surface area contributed by atoms with Crippen molar-refractivity contribution < 1.29 is 22.7 Å². The first-order valence-corrected chi connectivity index (χ1v) is 7.83. The second-order valence-corrected chi connectivity index (χ2v) is 6.78. The number of hydrogen-bond acceptors (Lipinski definition) is 3. The molecule has 0 unspecified atom stereocenters. The molecule has 0 saturated heterocycles. The third-order valence-corrected chi connectivity index (χ3v) is 5.18. The van der Waals surface area contributed by atoms with Gasteiger partial charge in [-0.1, -0.05) is 25.0 Å². The minimum atomic E-state index is -4.04. The molecule has 110 valence electrons.